The monoisotopic (exact) mass is 390 g/mol. The third-order valence-electron chi connectivity index (χ3n) is 6.39. The molecule has 30 heavy (non-hydrogen) atoms. The predicted octanol–water partition coefficient (Wildman–Crippen LogP) is 5.59. The molecule has 2 atom stereocenters. The van der Waals surface area contributed by atoms with Crippen LogP contribution in [0.25, 0.3) is 22.3 Å². The van der Waals surface area contributed by atoms with E-state index >= 15 is 0 Å². The number of phenolic OH excluding ortho intramolecular Hbond substituents is 2. The fourth-order valence-corrected chi connectivity index (χ4v) is 5.17. The maximum absolute atomic E-state index is 14.2. The van der Waals surface area contributed by atoms with Gasteiger partial charge in [0.2, 0.25) is 0 Å². The van der Waals surface area contributed by atoms with E-state index in [1.54, 1.807) is 24.3 Å². The zero-order chi connectivity index (χ0) is 20.4. The van der Waals surface area contributed by atoms with Crippen LogP contribution in [0.5, 0.6) is 11.5 Å². The second kappa shape index (κ2) is 6.07. The molecule has 0 amide bonds. The first-order chi connectivity index (χ1) is 14.6. The van der Waals surface area contributed by atoms with Gasteiger partial charge in [-0.05, 0) is 68.8 Å². The predicted molar refractivity (Wildman–Crippen MR) is 116 cm³/mol. The Hall–Kier alpha value is -3.85. The quantitative estimate of drug-likeness (QED) is 0.469. The van der Waals surface area contributed by atoms with Crippen molar-refractivity contribution in [2.24, 2.45) is 0 Å². The van der Waals surface area contributed by atoms with Gasteiger partial charge >= 0.3 is 0 Å². The van der Waals surface area contributed by atoms with Crippen molar-refractivity contribution < 1.29 is 15.0 Å². The number of hydrogen-bond donors (Lipinski definition) is 2. The van der Waals surface area contributed by atoms with Crippen LogP contribution in [0.1, 0.15) is 34.1 Å². The lowest BCUT2D eigenvalue weighted by atomic mass is 9.81. The smallest absolute Gasteiger partial charge is 0.156 e. The second-order valence-corrected chi connectivity index (χ2v) is 7.99. The first kappa shape index (κ1) is 17.0. The average molecular weight is 390 g/mol. The molecule has 0 saturated heterocycles. The lowest BCUT2D eigenvalue weighted by Gasteiger charge is -2.19. The molecule has 144 valence electrons. The van der Waals surface area contributed by atoms with Crippen molar-refractivity contribution in [3.8, 4) is 33.8 Å². The molecule has 0 bridgehead atoms. The van der Waals surface area contributed by atoms with Crippen molar-refractivity contribution in [1.29, 1.82) is 0 Å². The summed E-state index contributed by atoms with van der Waals surface area (Å²) in [5.74, 6) is -0.554. The highest BCUT2D eigenvalue weighted by atomic mass is 16.3. The zero-order valence-electron chi connectivity index (χ0n) is 16.0. The molecule has 0 aromatic heterocycles. The van der Waals surface area contributed by atoms with E-state index in [9.17, 15) is 15.0 Å². The van der Waals surface area contributed by atoms with Crippen LogP contribution in [0.15, 0.2) is 84.9 Å². The minimum Gasteiger partial charge on any atom is -0.508 e. The third-order valence-corrected chi connectivity index (χ3v) is 6.39. The summed E-state index contributed by atoms with van der Waals surface area (Å²) >= 11 is 0. The van der Waals surface area contributed by atoms with Gasteiger partial charge in [-0.2, -0.15) is 0 Å². The van der Waals surface area contributed by atoms with E-state index in [1.807, 2.05) is 60.7 Å². The number of phenols is 2. The number of Topliss-reactive ketones (excluding diaryl/α,β-unsaturated/α-hetero) is 1. The molecule has 0 spiro atoms. The van der Waals surface area contributed by atoms with E-state index in [-0.39, 0.29) is 17.3 Å². The van der Waals surface area contributed by atoms with Crippen LogP contribution in [0.2, 0.25) is 0 Å². The molecule has 4 aromatic rings. The Balaban J connectivity index is 1.58. The highest BCUT2D eigenvalue weighted by Crippen LogP contribution is 2.52. The van der Waals surface area contributed by atoms with E-state index in [0.717, 1.165) is 44.5 Å². The van der Waals surface area contributed by atoms with Gasteiger partial charge in [0.05, 0.1) is 11.8 Å². The lowest BCUT2D eigenvalue weighted by Crippen LogP contribution is -2.20. The molecule has 3 nitrogen and oxygen atoms in total. The van der Waals surface area contributed by atoms with Gasteiger partial charge in [-0.15, -0.1) is 0 Å². The summed E-state index contributed by atoms with van der Waals surface area (Å²) in [7, 11) is 0. The summed E-state index contributed by atoms with van der Waals surface area (Å²) in [5.41, 5.74) is 7.66. The van der Waals surface area contributed by atoms with Crippen LogP contribution < -0.4 is 0 Å². The Morgan fingerprint density at radius 2 is 0.933 bits per heavy atom. The molecule has 0 heterocycles. The highest BCUT2D eigenvalue weighted by Gasteiger charge is 2.42. The van der Waals surface area contributed by atoms with E-state index in [4.69, 9.17) is 0 Å². The second-order valence-electron chi connectivity index (χ2n) is 7.99. The number of carbonyl (C=O) groups excluding carboxylic acids is 1. The zero-order valence-corrected chi connectivity index (χ0v) is 16.0. The standard InChI is InChI=1S/C27H18O3/c28-15-9-11-19-17-5-1-3-7-21(17)25(23(19)13-15)27(30)26-22-8-4-2-6-18(22)20-12-10-16(29)14-24(20)26/h1-14,25-26,28-29H. The van der Waals surface area contributed by atoms with Crippen LogP contribution in [0.3, 0.4) is 0 Å². The maximum Gasteiger partial charge on any atom is 0.156 e. The van der Waals surface area contributed by atoms with Crippen molar-refractivity contribution in [1.82, 2.24) is 0 Å². The van der Waals surface area contributed by atoms with Crippen molar-refractivity contribution in [3.63, 3.8) is 0 Å². The molecule has 6 rings (SSSR count). The van der Waals surface area contributed by atoms with Crippen molar-refractivity contribution in [2.45, 2.75) is 11.8 Å². The fourth-order valence-electron chi connectivity index (χ4n) is 5.17. The molecule has 0 radical (unpaired) electrons. The number of aromatic hydroxyl groups is 2. The van der Waals surface area contributed by atoms with Gasteiger partial charge in [0.25, 0.3) is 0 Å². The van der Waals surface area contributed by atoms with Crippen molar-refractivity contribution >= 4 is 5.78 Å². The maximum atomic E-state index is 14.2. The molecule has 4 aromatic carbocycles. The topological polar surface area (TPSA) is 57.5 Å². The van der Waals surface area contributed by atoms with Crippen LogP contribution >= 0.6 is 0 Å². The number of fused-ring (bicyclic) bond motifs is 6. The summed E-state index contributed by atoms with van der Waals surface area (Å²) < 4.78 is 0. The van der Waals surface area contributed by atoms with Gasteiger partial charge in [0, 0.05) is 0 Å². The van der Waals surface area contributed by atoms with Gasteiger partial charge < -0.3 is 10.2 Å². The summed E-state index contributed by atoms with van der Waals surface area (Å²) in [6.45, 7) is 0. The van der Waals surface area contributed by atoms with Crippen LogP contribution in [0, 0.1) is 0 Å². The largest absolute Gasteiger partial charge is 0.508 e. The summed E-state index contributed by atoms with van der Waals surface area (Å²) in [4.78, 5) is 14.2. The minimum atomic E-state index is -0.463. The van der Waals surface area contributed by atoms with Crippen LogP contribution in [-0.4, -0.2) is 16.0 Å². The Labute approximate surface area is 173 Å². The molecule has 2 unspecified atom stereocenters. The molecule has 2 aliphatic rings. The number of carbonyl (C=O) groups is 1. The number of ketones is 1. The molecular weight excluding hydrogens is 372 g/mol. The van der Waals surface area contributed by atoms with E-state index in [1.165, 1.54) is 0 Å². The molecular formula is C27H18O3. The SMILES string of the molecule is O=C(C1c2ccccc2-c2ccc(O)cc21)C1c2ccccc2-c2ccc(O)cc21. The highest BCUT2D eigenvalue weighted by molar-refractivity contribution is 6.06. The van der Waals surface area contributed by atoms with Crippen LogP contribution in [0.4, 0.5) is 0 Å². The molecule has 0 saturated carbocycles. The average Bonchev–Trinajstić information content (AvgIpc) is 3.25. The Morgan fingerprint density at radius 3 is 1.40 bits per heavy atom. The summed E-state index contributed by atoms with van der Waals surface area (Å²) in [6.07, 6.45) is 0. The Kier molecular flexibility index (Phi) is 3.45. The normalized spacial score (nSPS) is 17.7. The summed E-state index contributed by atoms with van der Waals surface area (Å²) in [6, 6.07) is 26.4. The third kappa shape index (κ3) is 2.23. The van der Waals surface area contributed by atoms with E-state index in [2.05, 4.69) is 0 Å². The van der Waals surface area contributed by atoms with Crippen molar-refractivity contribution in [2.75, 3.05) is 0 Å². The van der Waals surface area contributed by atoms with E-state index < -0.39 is 11.8 Å². The van der Waals surface area contributed by atoms with E-state index in [0.29, 0.717) is 0 Å². The molecule has 0 aliphatic heterocycles. The first-order valence-corrected chi connectivity index (χ1v) is 10.0. The molecule has 2 aliphatic carbocycles. The van der Waals surface area contributed by atoms with Crippen LogP contribution in [-0.2, 0) is 4.79 Å². The van der Waals surface area contributed by atoms with Gasteiger partial charge in [0.1, 0.15) is 11.5 Å². The van der Waals surface area contributed by atoms with Gasteiger partial charge in [0.15, 0.2) is 5.78 Å². The lowest BCUT2D eigenvalue weighted by molar-refractivity contribution is -0.120. The van der Waals surface area contributed by atoms with Gasteiger partial charge in [-0.3, -0.25) is 4.79 Å². The Bertz CT molecular complexity index is 1250. The number of hydrogen-bond acceptors (Lipinski definition) is 3. The molecule has 2 N–H and O–H groups in total. The van der Waals surface area contributed by atoms with Gasteiger partial charge in [-0.1, -0.05) is 60.7 Å². The number of benzene rings is 4. The molecule has 0 fully saturated rings. The number of rotatable bonds is 2. The summed E-state index contributed by atoms with van der Waals surface area (Å²) in [5, 5.41) is 20.3. The fraction of sp³-hybridized carbons (Fsp3) is 0.0741. The first-order valence-electron chi connectivity index (χ1n) is 10.0. The minimum absolute atomic E-state index is 0.0589. The van der Waals surface area contributed by atoms with Gasteiger partial charge in [-0.25, -0.2) is 0 Å². The van der Waals surface area contributed by atoms with Crippen molar-refractivity contribution in [3.05, 3.63) is 107 Å². The molecule has 3 heteroatoms. The Morgan fingerprint density at radius 1 is 0.533 bits per heavy atom.